The zero-order valence-electron chi connectivity index (χ0n) is 10.8. The first-order valence-corrected chi connectivity index (χ1v) is 6.64. The number of hydrogen-bond donors (Lipinski definition) is 1. The van der Waals surface area contributed by atoms with Gasteiger partial charge < -0.3 is 10.5 Å². The fraction of sp³-hybridized carbons (Fsp3) is 0.692. The molecule has 1 saturated carbocycles. The van der Waals surface area contributed by atoms with E-state index < -0.39 is 0 Å². The second-order valence-electron chi connectivity index (χ2n) is 5.31. The summed E-state index contributed by atoms with van der Waals surface area (Å²) in [7, 11) is 1.61. The highest BCUT2D eigenvalue weighted by molar-refractivity contribution is 5.23. The van der Waals surface area contributed by atoms with Crippen molar-refractivity contribution in [1.82, 2.24) is 14.9 Å². The second kappa shape index (κ2) is 4.82. The third kappa shape index (κ3) is 2.20. The monoisotopic (exact) mass is 248 g/mol. The number of fused-ring (bicyclic) bond motifs is 1. The molecular weight excluding hydrogens is 228 g/mol. The Morgan fingerprint density at radius 1 is 1.39 bits per heavy atom. The summed E-state index contributed by atoms with van der Waals surface area (Å²) in [5.41, 5.74) is 8.41. The van der Waals surface area contributed by atoms with Gasteiger partial charge in [-0.3, -0.25) is 4.90 Å². The molecule has 1 aliphatic carbocycles. The maximum absolute atomic E-state index is 6.07. The summed E-state index contributed by atoms with van der Waals surface area (Å²) in [5.74, 6) is 0. The van der Waals surface area contributed by atoms with Crippen molar-refractivity contribution < 1.29 is 4.74 Å². The van der Waals surface area contributed by atoms with Crippen molar-refractivity contribution in [3.05, 3.63) is 17.5 Å². The van der Waals surface area contributed by atoms with Crippen LogP contribution in [0.15, 0.2) is 6.20 Å². The van der Waals surface area contributed by atoms with Crippen LogP contribution in [0.25, 0.3) is 0 Å². The zero-order valence-corrected chi connectivity index (χ0v) is 10.8. The predicted molar refractivity (Wildman–Crippen MR) is 68.1 cm³/mol. The van der Waals surface area contributed by atoms with Crippen LogP contribution >= 0.6 is 0 Å². The molecule has 0 bridgehead atoms. The van der Waals surface area contributed by atoms with Crippen molar-refractivity contribution in [2.75, 3.05) is 7.11 Å². The van der Waals surface area contributed by atoms with Gasteiger partial charge in [0, 0.05) is 36.9 Å². The van der Waals surface area contributed by atoms with Gasteiger partial charge in [0.05, 0.1) is 12.8 Å². The van der Waals surface area contributed by atoms with Crippen molar-refractivity contribution in [2.24, 2.45) is 5.73 Å². The first-order chi connectivity index (χ1) is 8.76. The summed E-state index contributed by atoms with van der Waals surface area (Å²) in [5, 5.41) is 0. The Balaban J connectivity index is 1.72. The number of nitrogens with two attached hydrogens (primary N) is 1. The fourth-order valence-corrected chi connectivity index (χ4v) is 3.05. The van der Waals surface area contributed by atoms with Gasteiger partial charge >= 0.3 is 6.01 Å². The lowest BCUT2D eigenvalue weighted by atomic mass is 9.91. The minimum absolute atomic E-state index is 0.369. The summed E-state index contributed by atoms with van der Waals surface area (Å²) in [4.78, 5) is 11.1. The minimum atomic E-state index is 0.369. The Morgan fingerprint density at radius 2 is 2.28 bits per heavy atom. The van der Waals surface area contributed by atoms with Gasteiger partial charge in [-0.1, -0.05) is 6.42 Å². The first kappa shape index (κ1) is 11.9. The molecule has 1 unspecified atom stereocenters. The van der Waals surface area contributed by atoms with E-state index in [-0.39, 0.29) is 0 Å². The average Bonchev–Trinajstić information content (AvgIpc) is 2.81. The lowest BCUT2D eigenvalue weighted by molar-refractivity contribution is 0.146. The first-order valence-electron chi connectivity index (χ1n) is 6.64. The molecule has 1 aliphatic heterocycles. The van der Waals surface area contributed by atoms with Crippen LogP contribution < -0.4 is 10.5 Å². The van der Waals surface area contributed by atoms with E-state index >= 15 is 0 Å². The molecule has 0 amide bonds. The topological polar surface area (TPSA) is 64.3 Å². The number of methoxy groups -OCH3 is 1. The number of nitrogens with zero attached hydrogens (tertiary/aromatic N) is 3. The molecule has 0 spiro atoms. The van der Waals surface area contributed by atoms with Crippen LogP contribution in [0.5, 0.6) is 6.01 Å². The smallest absolute Gasteiger partial charge is 0.316 e. The van der Waals surface area contributed by atoms with Crippen LogP contribution in [0.2, 0.25) is 0 Å². The molecule has 5 nitrogen and oxygen atoms in total. The van der Waals surface area contributed by atoms with Gasteiger partial charge in [0.15, 0.2) is 0 Å². The van der Waals surface area contributed by atoms with Crippen LogP contribution in [-0.2, 0) is 13.1 Å². The quantitative estimate of drug-likeness (QED) is 0.848. The Kier molecular flexibility index (Phi) is 3.18. The summed E-state index contributed by atoms with van der Waals surface area (Å²) >= 11 is 0. The Hall–Kier alpha value is -1.20. The van der Waals surface area contributed by atoms with Crippen LogP contribution in [-0.4, -0.2) is 34.1 Å². The highest BCUT2D eigenvalue weighted by Gasteiger charge is 2.30. The van der Waals surface area contributed by atoms with Crippen molar-refractivity contribution in [3.8, 4) is 6.01 Å². The largest absolute Gasteiger partial charge is 0.467 e. The molecule has 1 aromatic rings. The molecule has 0 radical (unpaired) electrons. The molecule has 2 N–H and O–H groups in total. The molecule has 2 aliphatic rings. The molecule has 1 aromatic heterocycles. The average molecular weight is 248 g/mol. The van der Waals surface area contributed by atoms with E-state index in [9.17, 15) is 0 Å². The molecule has 2 atom stereocenters. The van der Waals surface area contributed by atoms with E-state index in [0.29, 0.717) is 18.1 Å². The molecule has 18 heavy (non-hydrogen) atoms. The lowest BCUT2D eigenvalue weighted by Gasteiger charge is -2.33. The van der Waals surface area contributed by atoms with Gasteiger partial charge in [-0.15, -0.1) is 0 Å². The molecule has 0 aromatic carbocycles. The van der Waals surface area contributed by atoms with E-state index in [1.807, 2.05) is 6.20 Å². The van der Waals surface area contributed by atoms with Gasteiger partial charge in [-0.2, -0.15) is 4.98 Å². The molecule has 0 saturated heterocycles. The normalized spacial score (nSPS) is 28.1. The molecular formula is C13H20N4O. The van der Waals surface area contributed by atoms with Crippen LogP contribution in [0.1, 0.15) is 36.9 Å². The maximum Gasteiger partial charge on any atom is 0.316 e. The van der Waals surface area contributed by atoms with E-state index in [2.05, 4.69) is 14.9 Å². The molecule has 98 valence electrons. The fourth-order valence-electron chi connectivity index (χ4n) is 3.05. The van der Waals surface area contributed by atoms with E-state index in [1.165, 1.54) is 24.8 Å². The standard InChI is InChI=1S/C13H20N4O/c1-18-13-15-6-9-7-17(8-12(9)16-13)11-4-2-3-10(14)5-11/h6,10-11H,2-5,7-8,14H2,1H3/t10-,11?/m1/s1. The third-order valence-electron chi connectivity index (χ3n) is 4.04. The van der Waals surface area contributed by atoms with E-state index in [4.69, 9.17) is 10.5 Å². The summed E-state index contributed by atoms with van der Waals surface area (Å²) < 4.78 is 5.08. The van der Waals surface area contributed by atoms with Crippen molar-refractivity contribution in [2.45, 2.75) is 50.9 Å². The van der Waals surface area contributed by atoms with Gasteiger partial charge in [-0.05, 0) is 19.3 Å². The van der Waals surface area contributed by atoms with Gasteiger partial charge in [0.1, 0.15) is 0 Å². The van der Waals surface area contributed by atoms with Crippen LogP contribution in [0, 0.1) is 0 Å². The minimum Gasteiger partial charge on any atom is -0.467 e. The van der Waals surface area contributed by atoms with Gasteiger partial charge in [-0.25, -0.2) is 4.98 Å². The molecule has 5 heteroatoms. The van der Waals surface area contributed by atoms with Gasteiger partial charge in [0.25, 0.3) is 0 Å². The lowest BCUT2D eigenvalue weighted by Crippen LogP contribution is -2.40. The summed E-state index contributed by atoms with van der Waals surface area (Å²) in [6.07, 6.45) is 6.67. The highest BCUT2D eigenvalue weighted by Crippen LogP contribution is 2.29. The zero-order chi connectivity index (χ0) is 12.5. The number of aromatic nitrogens is 2. The van der Waals surface area contributed by atoms with Crippen molar-refractivity contribution in [3.63, 3.8) is 0 Å². The van der Waals surface area contributed by atoms with Crippen LogP contribution in [0.4, 0.5) is 0 Å². The molecule has 2 heterocycles. The highest BCUT2D eigenvalue weighted by atomic mass is 16.5. The number of ether oxygens (including phenoxy) is 1. The maximum atomic E-state index is 6.07. The predicted octanol–water partition coefficient (Wildman–Crippen LogP) is 1.07. The Labute approximate surface area is 107 Å². The summed E-state index contributed by atoms with van der Waals surface area (Å²) in [6.45, 7) is 1.86. The third-order valence-corrected chi connectivity index (χ3v) is 4.04. The van der Waals surface area contributed by atoms with Crippen LogP contribution in [0.3, 0.4) is 0 Å². The van der Waals surface area contributed by atoms with Crippen molar-refractivity contribution >= 4 is 0 Å². The second-order valence-corrected chi connectivity index (χ2v) is 5.31. The van der Waals surface area contributed by atoms with E-state index in [0.717, 1.165) is 25.2 Å². The molecule has 3 rings (SSSR count). The number of rotatable bonds is 2. The SMILES string of the molecule is COc1ncc2c(n1)CN(C1CCC[C@@H](N)C1)C2. The number of hydrogen-bond acceptors (Lipinski definition) is 5. The Bertz CT molecular complexity index is 437. The van der Waals surface area contributed by atoms with Gasteiger partial charge in [0.2, 0.25) is 0 Å². The molecule has 1 fully saturated rings. The summed E-state index contributed by atoms with van der Waals surface area (Å²) in [6, 6.07) is 1.44. The Morgan fingerprint density at radius 3 is 3.06 bits per heavy atom. The van der Waals surface area contributed by atoms with E-state index in [1.54, 1.807) is 7.11 Å². The van der Waals surface area contributed by atoms with Crippen molar-refractivity contribution in [1.29, 1.82) is 0 Å².